The first-order valence-corrected chi connectivity index (χ1v) is 8.21. The van der Waals surface area contributed by atoms with Crippen LogP contribution in [-0.2, 0) is 4.79 Å². The number of hydrogen-bond acceptors (Lipinski definition) is 3. The number of amides is 1. The lowest BCUT2D eigenvalue weighted by molar-refractivity contribution is -0.133. The second kappa shape index (κ2) is 7.04. The van der Waals surface area contributed by atoms with Gasteiger partial charge >= 0.3 is 0 Å². The van der Waals surface area contributed by atoms with Gasteiger partial charge in [0.05, 0.1) is 6.07 Å². The number of nitrogens with zero attached hydrogens (tertiary/aromatic N) is 2. The van der Waals surface area contributed by atoms with E-state index >= 15 is 0 Å². The summed E-state index contributed by atoms with van der Waals surface area (Å²) in [6.07, 6.45) is 7.60. The molecular formula is C14H22N2OS. The quantitative estimate of drug-likeness (QED) is 0.735. The van der Waals surface area contributed by atoms with E-state index in [1.807, 2.05) is 16.7 Å². The van der Waals surface area contributed by atoms with E-state index < -0.39 is 0 Å². The van der Waals surface area contributed by atoms with Crippen LogP contribution < -0.4 is 0 Å². The van der Waals surface area contributed by atoms with Gasteiger partial charge in [-0.1, -0.05) is 12.8 Å². The fourth-order valence-corrected chi connectivity index (χ4v) is 4.23. The summed E-state index contributed by atoms with van der Waals surface area (Å²) < 4.78 is 0. The van der Waals surface area contributed by atoms with Crippen molar-refractivity contribution in [2.45, 2.75) is 51.0 Å². The second-order valence-corrected chi connectivity index (χ2v) is 6.60. The van der Waals surface area contributed by atoms with E-state index in [0.717, 1.165) is 12.8 Å². The maximum Gasteiger partial charge on any atom is 0.223 e. The Morgan fingerprint density at radius 1 is 1.22 bits per heavy atom. The van der Waals surface area contributed by atoms with Gasteiger partial charge in [-0.15, -0.1) is 0 Å². The zero-order valence-electron chi connectivity index (χ0n) is 10.9. The normalized spacial score (nSPS) is 21.7. The Labute approximate surface area is 114 Å². The SMILES string of the molecule is N#CCN(C(=O)CC1CCSCC1)C1CCCC1. The summed E-state index contributed by atoms with van der Waals surface area (Å²) in [5.74, 6) is 3.17. The highest BCUT2D eigenvalue weighted by Gasteiger charge is 2.28. The number of carbonyl (C=O) groups is 1. The van der Waals surface area contributed by atoms with Crippen molar-refractivity contribution in [2.75, 3.05) is 18.1 Å². The fourth-order valence-electron chi connectivity index (χ4n) is 3.03. The summed E-state index contributed by atoms with van der Waals surface area (Å²) in [5, 5.41) is 8.90. The molecular weight excluding hydrogens is 244 g/mol. The van der Waals surface area contributed by atoms with Gasteiger partial charge in [-0.05, 0) is 43.1 Å². The molecule has 0 bridgehead atoms. The molecule has 1 saturated carbocycles. The van der Waals surface area contributed by atoms with Gasteiger partial charge in [0.1, 0.15) is 6.54 Å². The minimum absolute atomic E-state index is 0.223. The van der Waals surface area contributed by atoms with E-state index in [1.54, 1.807) is 0 Å². The van der Waals surface area contributed by atoms with Crippen LogP contribution in [0.25, 0.3) is 0 Å². The molecule has 3 nitrogen and oxygen atoms in total. The van der Waals surface area contributed by atoms with E-state index in [0.29, 0.717) is 18.4 Å². The molecule has 0 aromatic heterocycles. The summed E-state index contributed by atoms with van der Waals surface area (Å²) >= 11 is 1.99. The molecule has 2 rings (SSSR count). The van der Waals surface area contributed by atoms with E-state index in [1.165, 1.54) is 37.2 Å². The van der Waals surface area contributed by atoms with Crippen molar-refractivity contribution < 1.29 is 4.79 Å². The number of hydrogen-bond donors (Lipinski definition) is 0. The van der Waals surface area contributed by atoms with Crippen molar-refractivity contribution in [2.24, 2.45) is 5.92 Å². The maximum absolute atomic E-state index is 12.4. The molecule has 2 aliphatic rings. The van der Waals surface area contributed by atoms with Crippen LogP contribution in [0.2, 0.25) is 0 Å². The molecule has 1 aliphatic heterocycles. The Balaban J connectivity index is 1.88. The van der Waals surface area contributed by atoms with Crippen molar-refractivity contribution >= 4 is 17.7 Å². The van der Waals surface area contributed by atoms with E-state index in [9.17, 15) is 4.79 Å². The highest BCUT2D eigenvalue weighted by molar-refractivity contribution is 7.99. The van der Waals surface area contributed by atoms with E-state index in [-0.39, 0.29) is 12.5 Å². The predicted molar refractivity (Wildman–Crippen MR) is 74.2 cm³/mol. The molecule has 0 N–H and O–H groups in total. The Bertz CT molecular complexity index is 314. The van der Waals surface area contributed by atoms with Crippen LogP contribution in [0.4, 0.5) is 0 Å². The molecule has 0 radical (unpaired) electrons. The Morgan fingerprint density at radius 2 is 1.89 bits per heavy atom. The minimum atomic E-state index is 0.223. The van der Waals surface area contributed by atoms with Crippen LogP contribution in [0.1, 0.15) is 44.9 Å². The van der Waals surface area contributed by atoms with Crippen molar-refractivity contribution in [1.29, 1.82) is 5.26 Å². The molecule has 0 aromatic carbocycles. The predicted octanol–water partition coefficient (Wildman–Crippen LogP) is 2.81. The lowest BCUT2D eigenvalue weighted by Crippen LogP contribution is -2.40. The van der Waals surface area contributed by atoms with Gasteiger partial charge in [0.15, 0.2) is 0 Å². The monoisotopic (exact) mass is 266 g/mol. The maximum atomic E-state index is 12.4. The summed E-state index contributed by atoms with van der Waals surface area (Å²) in [7, 11) is 0. The average molecular weight is 266 g/mol. The number of nitriles is 1. The minimum Gasteiger partial charge on any atom is -0.326 e. The molecule has 1 heterocycles. The molecule has 100 valence electrons. The van der Waals surface area contributed by atoms with Crippen LogP contribution in [0.5, 0.6) is 0 Å². The molecule has 1 amide bonds. The van der Waals surface area contributed by atoms with Crippen molar-refractivity contribution in [3.8, 4) is 6.07 Å². The summed E-state index contributed by atoms with van der Waals surface area (Å²) in [6.45, 7) is 0.283. The van der Waals surface area contributed by atoms with Crippen LogP contribution in [0.15, 0.2) is 0 Å². The molecule has 4 heteroatoms. The largest absolute Gasteiger partial charge is 0.326 e. The van der Waals surface area contributed by atoms with Gasteiger partial charge < -0.3 is 4.90 Å². The summed E-state index contributed by atoms with van der Waals surface area (Å²) in [4.78, 5) is 14.2. The van der Waals surface area contributed by atoms with Crippen molar-refractivity contribution in [3.63, 3.8) is 0 Å². The van der Waals surface area contributed by atoms with Crippen LogP contribution in [-0.4, -0.2) is 34.9 Å². The molecule has 1 saturated heterocycles. The summed E-state index contributed by atoms with van der Waals surface area (Å²) in [6, 6.07) is 2.51. The third-order valence-corrected chi connectivity index (χ3v) is 5.18. The molecule has 1 aliphatic carbocycles. The number of rotatable bonds is 4. The summed E-state index contributed by atoms with van der Waals surface area (Å²) in [5.41, 5.74) is 0. The van der Waals surface area contributed by atoms with Crippen LogP contribution >= 0.6 is 11.8 Å². The van der Waals surface area contributed by atoms with Crippen LogP contribution in [0.3, 0.4) is 0 Å². The van der Waals surface area contributed by atoms with E-state index in [4.69, 9.17) is 5.26 Å². The Morgan fingerprint density at radius 3 is 2.50 bits per heavy atom. The van der Waals surface area contributed by atoms with Gasteiger partial charge in [-0.25, -0.2) is 0 Å². The lowest BCUT2D eigenvalue weighted by Gasteiger charge is -2.29. The lowest BCUT2D eigenvalue weighted by atomic mass is 9.97. The number of thioether (sulfide) groups is 1. The van der Waals surface area contributed by atoms with E-state index in [2.05, 4.69) is 6.07 Å². The zero-order chi connectivity index (χ0) is 12.8. The third-order valence-electron chi connectivity index (χ3n) is 4.13. The molecule has 0 spiro atoms. The van der Waals surface area contributed by atoms with Crippen molar-refractivity contribution in [1.82, 2.24) is 4.90 Å². The second-order valence-electron chi connectivity index (χ2n) is 5.38. The van der Waals surface area contributed by atoms with Gasteiger partial charge in [0.2, 0.25) is 5.91 Å². The average Bonchev–Trinajstić information content (AvgIpc) is 2.90. The topological polar surface area (TPSA) is 44.1 Å². The third kappa shape index (κ3) is 3.65. The van der Waals surface area contributed by atoms with Gasteiger partial charge in [0.25, 0.3) is 0 Å². The Kier molecular flexibility index (Phi) is 5.37. The first kappa shape index (κ1) is 13.7. The highest BCUT2D eigenvalue weighted by Crippen LogP contribution is 2.28. The van der Waals surface area contributed by atoms with Gasteiger partial charge in [-0.2, -0.15) is 17.0 Å². The Hall–Kier alpha value is -0.690. The molecule has 0 aromatic rings. The van der Waals surface area contributed by atoms with Crippen LogP contribution in [0, 0.1) is 17.2 Å². The molecule has 0 unspecified atom stereocenters. The zero-order valence-corrected chi connectivity index (χ0v) is 11.8. The van der Waals surface area contributed by atoms with Crippen molar-refractivity contribution in [3.05, 3.63) is 0 Å². The first-order valence-electron chi connectivity index (χ1n) is 7.05. The molecule has 0 atom stereocenters. The van der Waals surface area contributed by atoms with Gasteiger partial charge in [-0.3, -0.25) is 4.79 Å². The number of carbonyl (C=O) groups excluding carboxylic acids is 1. The molecule has 18 heavy (non-hydrogen) atoms. The highest BCUT2D eigenvalue weighted by atomic mass is 32.2. The standard InChI is InChI=1S/C14H22N2OS/c15-7-8-16(13-3-1-2-4-13)14(17)11-12-5-9-18-10-6-12/h12-13H,1-6,8-11H2. The fraction of sp³-hybridized carbons (Fsp3) is 0.857. The first-order chi connectivity index (χ1) is 8.81. The smallest absolute Gasteiger partial charge is 0.223 e. The van der Waals surface area contributed by atoms with Gasteiger partial charge in [0, 0.05) is 12.5 Å². The molecule has 2 fully saturated rings.